The third kappa shape index (κ3) is 5.31. The zero-order valence-electron chi connectivity index (χ0n) is 22.2. The van der Waals surface area contributed by atoms with Crippen molar-refractivity contribution in [2.75, 3.05) is 50.1 Å². The first-order valence-corrected chi connectivity index (χ1v) is 13.3. The van der Waals surface area contributed by atoms with E-state index in [1.807, 2.05) is 38.4 Å². The van der Waals surface area contributed by atoms with E-state index in [1.165, 1.54) is 0 Å². The summed E-state index contributed by atoms with van der Waals surface area (Å²) < 4.78 is 5.49. The van der Waals surface area contributed by atoms with Crippen molar-refractivity contribution < 1.29 is 9.53 Å². The Labute approximate surface area is 226 Å². The number of nitrogens with zero attached hydrogens (tertiary/aromatic N) is 5. The number of rotatable bonds is 6. The highest BCUT2D eigenvalue weighted by Gasteiger charge is 2.35. The number of hydrazine groups is 2. The number of nitrogens with one attached hydrogen (secondary N) is 4. The number of aryl methyl sites for hydroxylation is 1. The van der Waals surface area contributed by atoms with Gasteiger partial charge >= 0.3 is 0 Å². The monoisotopic (exact) mass is 531 g/mol. The van der Waals surface area contributed by atoms with Crippen molar-refractivity contribution in [1.82, 2.24) is 30.9 Å². The molecule has 2 aromatic heterocycles. The summed E-state index contributed by atoms with van der Waals surface area (Å²) in [6, 6.07) is 9.01. The molecule has 3 aliphatic heterocycles. The van der Waals surface area contributed by atoms with Crippen molar-refractivity contribution in [3.05, 3.63) is 63.6 Å². The number of H-pyrrole nitrogens is 1. The number of aromatic amines is 1. The molecule has 1 amide bonds. The van der Waals surface area contributed by atoms with Gasteiger partial charge in [-0.15, -0.1) is 10.2 Å². The number of aromatic nitrogens is 2. The molecule has 39 heavy (non-hydrogen) atoms. The number of anilines is 2. The molecule has 5 heterocycles. The number of pyridine rings is 2. The maximum atomic E-state index is 13.9. The summed E-state index contributed by atoms with van der Waals surface area (Å²) in [5, 5.41) is 10.1. The molecular formula is C27H33N9O3. The number of amidine groups is 1. The highest BCUT2D eigenvalue weighted by Crippen LogP contribution is 2.30. The van der Waals surface area contributed by atoms with Crippen molar-refractivity contribution in [1.29, 1.82) is 0 Å². The normalized spacial score (nSPS) is 20.1. The zero-order chi connectivity index (χ0) is 26.9. The minimum absolute atomic E-state index is 0.0215. The van der Waals surface area contributed by atoms with Crippen LogP contribution in [0.3, 0.4) is 0 Å². The molecular weight excluding hydrogens is 498 g/mol. The molecule has 3 aliphatic rings. The Morgan fingerprint density at radius 3 is 2.82 bits per heavy atom. The fourth-order valence-corrected chi connectivity index (χ4v) is 5.50. The summed E-state index contributed by atoms with van der Waals surface area (Å²) in [7, 11) is 1.86. The molecule has 1 aromatic carbocycles. The first kappa shape index (κ1) is 25.3. The predicted molar refractivity (Wildman–Crippen MR) is 149 cm³/mol. The number of benzene rings is 1. The van der Waals surface area contributed by atoms with Crippen LogP contribution in [0.1, 0.15) is 34.3 Å². The van der Waals surface area contributed by atoms with Gasteiger partial charge in [-0.1, -0.05) is 0 Å². The van der Waals surface area contributed by atoms with Crippen molar-refractivity contribution in [3.63, 3.8) is 0 Å². The van der Waals surface area contributed by atoms with Crippen LogP contribution in [-0.4, -0.2) is 77.7 Å². The minimum Gasteiger partial charge on any atom is -0.379 e. The molecule has 0 spiro atoms. The Balaban J connectivity index is 1.33. The summed E-state index contributed by atoms with van der Waals surface area (Å²) in [6.07, 6.45) is 3.75. The molecule has 12 nitrogen and oxygen atoms in total. The Kier molecular flexibility index (Phi) is 6.90. The van der Waals surface area contributed by atoms with Gasteiger partial charge in [0.15, 0.2) is 5.84 Å². The molecule has 0 radical (unpaired) electrons. The van der Waals surface area contributed by atoms with Crippen LogP contribution in [0.2, 0.25) is 0 Å². The van der Waals surface area contributed by atoms with Gasteiger partial charge in [0.05, 0.1) is 24.8 Å². The smallest absolute Gasteiger partial charge is 0.259 e. The van der Waals surface area contributed by atoms with Crippen LogP contribution in [-0.2, 0) is 11.3 Å². The van der Waals surface area contributed by atoms with E-state index >= 15 is 0 Å². The molecule has 2 saturated heterocycles. The molecule has 6 rings (SSSR count). The fraction of sp³-hybridized carbons (Fsp3) is 0.407. The lowest BCUT2D eigenvalue weighted by Gasteiger charge is -2.29. The topological polar surface area (TPSA) is 130 Å². The number of amides is 1. The second kappa shape index (κ2) is 10.6. The standard InChI is InChI=1S/C27H33N9O3/c1-17-12-24(37)30-22-6-5-19(14-20(17)22)29-27(38)21-13-18(16-35-8-10-39-11-9-35)15-28-26(21)36-7-3-4-23(36)25-31-33-34(2)32-25/h5-6,12-15,23,33H,3-4,7-11,16H2,1-2H3,(H,29,38)(H,30,37)(H,31,32). The average molecular weight is 532 g/mol. The SMILES string of the molecule is Cc1cc(=O)[nH]c2ccc(NC(=O)c3cc(CN4CCOCC4)cnc3N3CCCC3C3=NNN(C)N3)cc12. The number of hydrogen-bond acceptors (Lipinski definition) is 10. The summed E-state index contributed by atoms with van der Waals surface area (Å²) >= 11 is 0. The number of carbonyl (C=O) groups is 1. The van der Waals surface area contributed by atoms with Gasteiger partial charge in [-0.2, -0.15) is 0 Å². The van der Waals surface area contributed by atoms with Gasteiger partial charge in [0.2, 0.25) is 5.56 Å². The van der Waals surface area contributed by atoms with Crippen LogP contribution in [0.25, 0.3) is 10.9 Å². The van der Waals surface area contributed by atoms with Gasteiger partial charge in [-0.25, -0.2) is 10.5 Å². The number of ether oxygens (including phenoxy) is 1. The van der Waals surface area contributed by atoms with Crippen LogP contribution < -0.4 is 26.7 Å². The van der Waals surface area contributed by atoms with Gasteiger partial charge in [0.1, 0.15) is 5.82 Å². The highest BCUT2D eigenvalue weighted by atomic mass is 16.5. The number of fused-ring (bicyclic) bond motifs is 1. The van der Waals surface area contributed by atoms with Crippen LogP contribution in [0.5, 0.6) is 0 Å². The first-order valence-electron chi connectivity index (χ1n) is 13.3. The second-order valence-electron chi connectivity index (χ2n) is 10.3. The van der Waals surface area contributed by atoms with E-state index in [4.69, 9.17) is 9.72 Å². The molecule has 0 aliphatic carbocycles. The van der Waals surface area contributed by atoms with Crippen LogP contribution >= 0.6 is 0 Å². The van der Waals surface area contributed by atoms with E-state index in [1.54, 1.807) is 17.3 Å². The number of morpholine rings is 1. The van der Waals surface area contributed by atoms with Gasteiger partial charge in [0.25, 0.3) is 5.91 Å². The molecule has 1 unspecified atom stereocenters. The quantitative estimate of drug-likeness (QED) is 0.374. The predicted octanol–water partition coefficient (Wildman–Crippen LogP) is 1.55. The first-order chi connectivity index (χ1) is 18.9. The van der Waals surface area contributed by atoms with Gasteiger partial charge in [0, 0.05) is 62.1 Å². The molecule has 12 heteroatoms. The largest absolute Gasteiger partial charge is 0.379 e. The number of carbonyl (C=O) groups excluding carboxylic acids is 1. The number of hydrazone groups is 1. The summed E-state index contributed by atoms with van der Waals surface area (Å²) in [6.45, 7) is 6.47. The van der Waals surface area contributed by atoms with E-state index in [0.717, 1.165) is 60.3 Å². The fourth-order valence-electron chi connectivity index (χ4n) is 5.50. The zero-order valence-corrected chi connectivity index (χ0v) is 22.2. The van der Waals surface area contributed by atoms with Gasteiger partial charge < -0.3 is 19.9 Å². The van der Waals surface area contributed by atoms with Crippen LogP contribution in [0, 0.1) is 6.92 Å². The van der Waals surface area contributed by atoms with Gasteiger partial charge in [-0.05, 0) is 55.2 Å². The molecule has 2 fully saturated rings. The van der Waals surface area contributed by atoms with E-state index in [0.29, 0.717) is 36.8 Å². The van der Waals surface area contributed by atoms with Crippen molar-refractivity contribution in [2.24, 2.45) is 5.10 Å². The second-order valence-corrected chi connectivity index (χ2v) is 10.3. The molecule has 0 saturated carbocycles. The van der Waals surface area contributed by atoms with Crippen LogP contribution in [0.15, 0.2) is 46.4 Å². The lowest BCUT2D eigenvalue weighted by Crippen LogP contribution is -2.46. The summed E-state index contributed by atoms with van der Waals surface area (Å²) in [5.74, 6) is 1.21. The highest BCUT2D eigenvalue weighted by molar-refractivity contribution is 6.09. The average Bonchev–Trinajstić information content (AvgIpc) is 3.58. The maximum Gasteiger partial charge on any atom is 0.259 e. The minimum atomic E-state index is -0.232. The van der Waals surface area contributed by atoms with E-state index in [9.17, 15) is 9.59 Å². The Hall–Kier alpha value is -4.00. The maximum absolute atomic E-state index is 13.9. The molecule has 3 aromatic rings. The molecule has 204 valence electrons. The van der Waals surface area contributed by atoms with E-state index in [2.05, 4.69) is 36.2 Å². The Morgan fingerprint density at radius 2 is 2.03 bits per heavy atom. The van der Waals surface area contributed by atoms with E-state index < -0.39 is 0 Å². The molecule has 1 atom stereocenters. The van der Waals surface area contributed by atoms with Crippen LogP contribution in [0.4, 0.5) is 11.5 Å². The van der Waals surface area contributed by atoms with Crippen molar-refractivity contribution >= 4 is 34.2 Å². The van der Waals surface area contributed by atoms with Crippen molar-refractivity contribution in [3.8, 4) is 0 Å². The molecule has 4 N–H and O–H groups in total. The summed E-state index contributed by atoms with van der Waals surface area (Å²) in [5.41, 5.74) is 9.73. The Bertz CT molecular complexity index is 1480. The van der Waals surface area contributed by atoms with E-state index in [-0.39, 0.29) is 17.5 Å². The number of hydrogen-bond donors (Lipinski definition) is 4. The summed E-state index contributed by atoms with van der Waals surface area (Å²) in [4.78, 5) is 37.9. The van der Waals surface area contributed by atoms with Crippen molar-refractivity contribution in [2.45, 2.75) is 32.4 Å². The Morgan fingerprint density at radius 1 is 1.18 bits per heavy atom. The van der Waals surface area contributed by atoms with Gasteiger partial charge in [-0.3, -0.25) is 19.9 Å². The third-order valence-electron chi connectivity index (χ3n) is 7.43. The third-order valence-corrected chi connectivity index (χ3v) is 7.43. The lowest BCUT2D eigenvalue weighted by atomic mass is 10.1. The lowest BCUT2D eigenvalue weighted by molar-refractivity contribution is 0.0341. The molecule has 0 bridgehead atoms.